The van der Waals surface area contributed by atoms with Gasteiger partial charge in [0.15, 0.2) is 0 Å². The zero-order valence-corrected chi connectivity index (χ0v) is 11.7. The second-order valence-corrected chi connectivity index (χ2v) is 20.4. The van der Waals surface area contributed by atoms with Crippen molar-refractivity contribution in [2.24, 2.45) is 0 Å². The Morgan fingerprint density at radius 3 is 2.30 bits per heavy atom. The summed E-state index contributed by atoms with van der Waals surface area (Å²) in [5, 5.41) is 0. The number of carbonyl (C=O) groups excluding carboxylic acids is 1. The van der Waals surface area contributed by atoms with Crippen molar-refractivity contribution in [1.29, 1.82) is 0 Å². The van der Waals surface area contributed by atoms with Gasteiger partial charge in [0.05, 0.1) is 0 Å². The van der Waals surface area contributed by atoms with Crippen molar-refractivity contribution in [1.82, 2.24) is 0 Å². The molecular weight excluding hydrogens is 371 g/mol. The van der Waals surface area contributed by atoms with E-state index in [1.807, 2.05) is 0 Å². The normalized spacial score (nSPS) is 11.9. The molecule has 10 heavy (non-hydrogen) atoms. The van der Waals surface area contributed by atoms with Gasteiger partial charge in [-0.15, -0.1) is 0 Å². The van der Waals surface area contributed by atoms with E-state index in [4.69, 9.17) is 3.07 Å². The van der Waals surface area contributed by atoms with Crippen LogP contribution in [0, 0.1) is 0 Å². The first-order chi connectivity index (χ1) is 4.52. The minimum absolute atomic E-state index is 0.0159. The molecule has 0 aromatic rings. The Morgan fingerprint density at radius 1 is 1.50 bits per heavy atom. The Balaban J connectivity index is 3.83. The van der Waals surface area contributed by atoms with E-state index in [0.29, 0.717) is 5.76 Å². The summed E-state index contributed by atoms with van der Waals surface area (Å²) >= 11 is 4.74. The molecule has 0 saturated heterocycles. The van der Waals surface area contributed by atoms with Crippen molar-refractivity contribution in [2.45, 2.75) is 13.8 Å². The summed E-state index contributed by atoms with van der Waals surface area (Å²) < 4.78 is 5.23. The second-order valence-electron chi connectivity index (χ2n) is 1.69. The van der Waals surface area contributed by atoms with Crippen molar-refractivity contribution >= 4 is 46.9 Å². The Bertz CT molecular complexity index is 156. The molecule has 5 heteroatoms. The van der Waals surface area contributed by atoms with Crippen LogP contribution in [0.15, 0.2) is 11.8 Å². The van der Waals surface area contributed by atoms with Crippen LogP contribution in [0.2, 0.25) is 0 Å². The average molecular weight is 378 g/mol. The first-order valence-corrected chi connectivity index (χ1v) is 16.5. The molecular formula is C5H7Br2O2Sn. The van der Waals surface area contributed by atoms with Crippen LogP contribution >= 0.6 is 25.4 Å². The predicted molar refractivity (Wildman–Crippen MR) is 49.1 cm³/mol. The third-order valence-corrected chi connectivity index (χ3v) is 4.18. The van der Waals surface area contributed by atoms with E-state index in [0.717, 1.165) is 0 Å². The molecule has 0 rings (SSSR count). The first kappa shape index (κ1) is 11.0. The third-order valence-electron chi connectivity index (χ3n) is 0.645. The summed E-state index contributed by atoms with van der Waals surface area (Å²) in [5.41, 5.74) is 0. The molecule has 0 N–H and O–H groups in total. The van der Waals surface area contributed by atoms with Gasteiger partial charge in [0, 0.05) is 0 Å². The molecule has 0 atom stereocenters. The fourth-order valence-electron chi connectivity index (χ4n) is 0.437. The molecule has 57 valence electrons. The van der Waals surface area contributed by atoms with E-state index in [1.165, 1.54) is 13.0 Å². The van der Waals surface area contributed by atoms with Gasteiger partial charge in [-0.25, -0.2) is 0 Å². The zero-order chi connectivity index (χ0) is 8.15. The van der Waals surface area contributed by atoms with E-state index >= 15 is 0 Å². The first-order valence-electron chi connectivity index (χ1n) is 2.57. The second kappa shape index (κ2) is 5.60. The Labute approximate surface area is 79.8 Å². The SMILES string of the molecule is CC(=O)/C=C(/C)[O][Sn]([Br])[Br]. The molecule has 0 aliphatic rings. The standard InChI is InChI=1S/C5H8O2.2BrH.Sn/c1-4(6)3-5(2)7;;;/h3,6H,1-2H3;2*1H;/q;;;+3/p-3/b4-3-;;;. The van der Waals surface area contributed by atoms with Gasteiger partial charge < -0.3 is 0 Å². The van der Waals surface area contributed by atoms with Crippen LogP contribution in [0.1, 0.15) is 13.8 Å². The van der Waals surface area contributed by atoms with Gasteiger partial charge in [-0.05, 0) is 0 Å². The van der Waals surface area contributed by atoms with Gasteiger partial charge in [-0.2, -0.15) is 0 Å². The zero-order valence-electron chi connectivity index (χ0n) is 5.65. The number of carbonyl (C=O) groups is 1. The molecule has 0 unspecified atom stereocenters. The van der Waals surface area contributed by atoms with Crippen LogP contribution in [-0.4, -0.2) is 21.5 Å². The fourth-order valence-corrected chi connectivity index (χ4v) is 4.73. The quantitative estimate of drug-likeness (QED) is 0.428. The number of hydrogen-bond donors (Lipinski definition) is 0. The van der Waals surface area contributed by atoms with Crippen LogP contribution in [0.25, 0.3) is 0 Å². The summed E-state index contributed by atoms with van der Waals surface area (Å²) in [7, 11) is 0. The van der Waals surface area contributed by atoms with Gasteiger partial charge in [-0.3, -0.25) is 0 Å². The van der Waals surface area contributed by atoms with Gasteiger partial charge in [0.25, 0.3) is 0 Å². The van der Waals surface area contributed by atoms with Gasteiger partial charge in [0.2, 0.25) is 0 Å². The summed E-state index contributed by atoms with van der Waals surface area (Å²) in [6, 6.07) is 0. The number of rotatable bonds is 3. The number of ketones is 1. The predicted octanol–water partition coefficient (Wildman–Crippen LogP) is 2.27. The van der Waals surface area contributed by atoms with Crippen LogP contribution in [-0.2, 0) is 7.87 Å². The van der Waals surface area contributed by atoms with Crippen molar-refractivity contribution in [3.05, 3.63) is 11.8 Å². The molecule has 0 fully saturated rings. The van der Waals surface area contributed by atoms with Crippen molar-refractivity contribution in [2.75, 3.05) is 0 Å². The molecule has 0 saturated carbocycles. The van der Waals surface area contributed by atoms with Crippen LogP contribution < -0.4 is 0 Å². The Morgan fingerprint density at radius 2 is 2.00 bits per heavy atom. The molecule has 0 aromatic heterocycles. The summed E-state index contributed by atoms with van der Waals surface area (Å²) in [4.78, 5) is 10.5. The van der Waals surface area contributed by atoms with E-state index in [2.05, 4.69) is 25.4 Å². The van der Waals surface area contributed by atoms with Crippen LogP contribution in [0.4, 0.5) is 0 Å². The number of halogens is 2. The van der Waals surface area contributed by atoms with Crippen molar-refractivity contribution < 1.29 is 7.87 Å². The van der Waals surface area contributed by atoms with E-state index < -0.39 is 15.7 Å². The molecule has 0 bridgehead atoms. The molecule has 1 radical (unpaired) electrons. The maximum absolute atomic E-state index is 10.5. The van der Waals surface area contributed by atoms with Crippen molar-refractivity contribution in [3.63, 3.8) is 0 Å². The number of hydrogen-bond acceptors (Lipinski definition) is 2. The van der Waals surface area contributed by atoms with E-state index in [-0.39, 0.29) is 5.78 Å². The molecule has 0 aliphatic carbocycles. The van der Waals surface area contributed by atoms with Crippen LogP contribution in [0.5, 0.6) is 0 Å². The van der Waals surface area contributed by atoms with E-state index in [9.17, 15) is 4.79 Å². The minimum atomic E-state index is -1.86. The molecule has 2 nitrogen and oxygen atoms in total. The van der Waals surface area contributed by atoms with Crippen LogP contribution in [0.3, 0.4) is 0 Å². The number of allylic oxidation sites excluding steroid dienone is 2. The molecule has 0 amide bonds. The monoisotopic (exact) mass is 377 g/mol. The molecule has 0 aromatic carbocycles. The topological polar surface area (TPSA) is 26.3 Å². The fraction of sp³-hybridized carbons (Fsp3) is 0.400. The van der Waals surface area contributed by atoms with Gasteiger partial charge >= 0.3 is 80.5 Å². The summed E-state index contributed by atoms with van der Waals surface area (Å²) in [5.74, 6) is 0.692. The maximum atomic E-state index is 10.5. The van der Waals surface area contributed by atoms with Gasteiger partial charge in [-0.1, -0.05) is 0 Å². The molecule has 0 heterocycles. The molecule has 0 aliphatic heterocycles. The van der Waals surface area contributed by atoms with Crippen molar-refractivity contribution in [3.8, 4) is 0 Å². The molecule has 0 spiro atoms. The van der Waals surface area contributed by atoms with Gasteiger partial charge in [0.1, 0.15) is 0 Å². The summed E-state index contributed by atoms with van der Waals surface area (Å²) in [6.07, 6.45) is 1.48. The third kappa shape index (κ3) is 7.08. The van der Waals surface area contributed by atoms with E-state index in [1.54, 1.807) is 6.92 Å². The summed E-state index contributed by atoms with van der Waals surface area (Å²) in [6.45, 7) is 3.27. The Hall–Kier alpha value is 0.969. The Kier molecular flexibility index (Phi) is 6.14. The average Bonchev–Trinajstić information content (AvgIpc) is 1.58.